The van der Waals surface area contributed by atoms with Gasteiger partial charge in [0.25, 0.3) is 5.69 Å². The van der Waals surface area contributed by atoms with Crippen molar-refractivity contribution in [2.75, 3.05) is 13.1 Å². The van der Waals surface area contributed by atoms with Gasteiger partial charge >= 0.3 is 0 Å². The lowest BCUT2D eigenvalue weighted by Crippen LogP contribution is -2.28. The van der Waals surface area contributed by atoms with Crippen LogP contribution in [-0.2, 0) is 17.1 Å². The minimum Gasteiger partial charge on any atom is -0.453 e. The fourth-order valence-electron chi connectivity index (χ4n) is 2.54. The fraction of sp³-hybridized carbons (Fsp3) is 0.357. The number of rotatable bonds is 5. The molecule has 0 radical (unpaired) electrons. The first-order valence-electron chi connectivity index (χ1n) is 7.33. The molecule has 0 bridgehead atoms. The van der Waals surface area contributed by atoms with Crippen molar-refractivity contribution in [3.63, 3.8) is 0 Å². The van der Waals surface area contributed by atoms with Crippen molar-refractivity contribution >= 4 is 15.7 Å². The molecule has 128 valence electrons. The third kappa shape index (κ3) is 3.10. The predicted octanol–water partition coefficient (Wildman–Crippen LogP) is 1.91. The average Bonchev–Trinajstić information content (AvgIpc) is 3.19. The number of ether oxygens (including phenoxy) is 1. The SMILES string of the molecule is Cn1cc(Oc2ccc([N+](=O)[O-])cc2S(=O)(=O)N2CCCC2)cn1. The van der Waals surface area contributed by atoms with Gasteiger partial charge in [-0.05, 0) is 18.9 Å². The van der Waals surface area contributed by atoms with E-state index in [0.717, 1.165) is 18.9 Å². The minimum absolute atomic E-state index is 0.0421. The topological polar surface area (TPSA) is 108 Å². The smallest absolute Gasteiger partial charge is 0.271 e. The highest BCUT2D eigenvalue weighted by Gasteiger charge is 2.31. The van der Waals surface area contributed by atoms with Crippen LogP contribution in [0.3, 0.4) is 0 Å². The summed E-state index contributed by atoms with van der Waals surface area (Å²) in [6.45, 7) is 0.800. The number of aromatic nitrogens is 2. The fourth-order valence-corrected chi connectivity index (χ4v) is 4.19. The molecule has 10 heteroatoms. The van der Waals surface area contributed by atoms with Gasteiger partial charge in [0.15, 0.2) is 5.75 Å². The molecule has 0 aliphatic carbocycles. The van der Waals surface area contributed by atoms with Crippen LogP contribution < -0.4 is 4.74 Å². The standard InChI is InChI=1S/C14H16N4O5S/c1-16-10-12(9-15-16)23-13-5-4-11(18(19)20)8-14(13)24(21,22)17-6-2-3-7-17/h4-5,8-10H,2-3,6-7H2,1H3. The molecule has 1 aliphatic heterocycles. The molecular formula is C14H16N4O5S. The van der Waals surface area contributed by atoms with Gasteiger partial charge in [-0.15, -0.1) is 0 Å². The lowest BCUT2D eigenvalue weighted by Gasteiger charge is -2.17. The minimum atomic E-state index is -3.86. The Morgan fingerprint density at radius 2 is 2.00 bits per heavy atom. The Morgan fingerprint density at radius 3 is 2.58 bits per heavy atom. The van der Waals surface area contributed by atoms with E-state index < -0.39 is 14.9 Å². The zero-order chi connectivity index (χ0) is 17.3. The van der Waals surface area contributed by atoms with Gasteiger partial charge in [0.1, 0.15) is 10.6 Å². The van der Waals surface area contributed by atoms with Crippen LogP contribution in [0.5, 0.6) is 11.5 Å². The number of non-ortho nitro benzene ring substituents is 1. The lowest BCUT2D eigenvalue weighted by molar-refractivity contribution is -0.385. The second-order valence-corrected chi connectivity index (χ2v) is 7.36. The van der Waals surface area contributed by atoms with Gasteiger partial charge in [-0.25, -0.2) is 8.42 Å². The summed E-state index contributed by atoms with van der Waals surface area (Å²) in [5.41, 5.74) is -0.300. The Balaban J connectivity index is 2.06. The number of nitrogens with zero attached hydrogens (tertiary/aromatic N) is 4. The Morgan fingerprint density at radius 1 is 1.29 bits per heavy atom. The number of nitro groups is 1. The van der Waals surface area contributed by atoms with E-state index in [9.17, 15) is 18.5 Å². The summed E-state index contributed by atoms with van der Waals surface area (Å²) >= 11 is 0. The van der Waals surface area contributed by atoms with Crippen molar-refractivity contribution in [3.8, 4) is 11.5 Å². The van der Waals surface area contributed by atoms with Crippen LogP contribution in [0.25, 0.3) is 0 Å². The second-order valence-electron chi connectivity index (χ2n) is 5.45. The molecule has 1 saturated heterocycles. The van der Waals surface area contributed by atoms with E-state index in [0.29, 0.717) is 18.8 Å². The molecule has 1 aromatic carbocycles. The summed E-state index contributed by atoms with van der Waals surface area (Å²) in [5, 5.41) is 15.0. The molecular weight excluding hydrogens is 336 g/mol. The maximum atomic E-state index is 12.8. The summed E-state index contributed by atoms with van der Waals surface area (Å²) in [7, 11) is -2.16. The number of aryl methyl sites for hydroxylation is 1. The Bertz CT molecular complexity index is 871. The quantitative estimate of drug-likeness (QED) is 0.601. The third-order valence-corrected chi connectivity index (χ3v) is 5.65. The van der Waals surface area contributed by atoms with Crippen molar-refractivity contribution in [3.05, 3.63) is 40.7 Å². The molecule has 0 amide bonds. The van der Waals surface area contributed by atoms with Crippen molar-refractivity contribution in [1.82, 2.24) is 14.1 Å². The molecule has 1 aliphatic rings. The van der Waals surface area contributed by atoms with Crippen LogP contribution in [0.1, 0.15) is 12.8 Å². The molecule has 1 aromatic heterocycles. The summed E-state index contributed by atoms with van der Waals surface area (Å²) in [6.07, 6.45) is 4.56. The zero-order valence-electron chi connectivity index (χ0n) is 13.0. The van der Waals surface area contributed by atoms with Gasteiger partial charge in [-0.1, -0.05) is 0 Å². The van der Waals surface area contributed by atoms with E-state index >= 15 is 0 Å². The average molecular weight is 352 g/mol. The van der Waals surface area contributed by atoms with Crippen molar-refractivity contribution in [2.24, 2.45) is 7.05 Å². The van der Waals surface area contributed by atoms with E-state index in [2.05, 4.69) is 5.10 Å². The van der Waals surface area contributed by atoms with Gasteiger partial charge in [0, 0.05) is 32.3 Å². The number of hydrogen-bond acceptors (Lipinski definition) is 6. The molecule has 1 fully saturated rings. The molecule has 24 heavy (non-hydrogen) atoms. The molecule has 0 N–H and O–H groups in total. The van der Waals surface area contributed by atoms with Crippen LogP contribution in [0.4, 0.5) is 5.69 Å². The Labute approximate surface area is 138 Å². The van der Waals surface area contributed by atoms with Gasteiger partial charge in [-0.2, -0.15) is 9.40 Å². The van der Waals surface area contributed by atoms with E-state index in [1.54, 1.807) is 13.2 Å². The van der Waals surface area contributed by atoms with Crippen LogP contribution in [0.2, 0.25) is 0 Å². The highest BCUT2D eigenvalue weighted by Crippen LogP contribution is 2.34. The summed E-state index contributed by atoms with van der Waals surface area (Å²) in [6, 6.07) is 3.56. The summed E-state index contributed by atoms with van der Waals surface area (Å²) in [4.78, 5) is 10.2. The van der Waals surface area contributed by atoms with Crippen LogP contribution in [-0.4, -0.2) is 40.5 Å². The van der Waals surface area contributed by atoms with E-state index in [1.165, 1.54) is 27.3 Å². The predicted molar refractivity (Wildman–Crippen MR) is 84.4 cm³/mol. The van der Waals surface area contributed by atoms with Gasteiger partial charge in [0.05, 0.1) is 17.3 Å². The lowest BCUT2D eigenvalue weighted by atomic mass is 10.3. The van der Waals surface area contributed by atoms with E-state index in [4.69, 9.17) is 4.74 Å². The van der Waals surface area contributed by atoms with Gasteiger partial charge in [0.2, 0.25) is 10.0 Å². The van der Waals surface area contributed by atoms with Crippen molar-refractivity contribution in [2.45, 2.75) is 17.7 Å². The number of benzene rings is 1. The number of hydrogen-bond donors (Lipinski definition) is 0. The molecule has 0 spiro atoms. The molecule has 3 rings (SSSR count). The molecule has 2 aromatic rings. The molecule has 2 heterocycles. The third-order valence-electron chi connectivity index (χ3n) is 3.73. The first-order chi connectivity index (χ1) is 11.4. The molecule has 0 atom stereocenters. The largest absolute Gasteiger partial charge is 0.453 e. The zero-order valence-corrected chi connectivity index (χ0v) is 13.8. The molecule has 0 unspecified atom stereocenters. The molecule has 9 nitrogen and oxygen atoms in total. The second kappa shape index (κ2) is 6.21. The summed E-state index contributed by atoms with van der Waals surface area (Å²) in [5.74, 6) is 0.393. The Hall–Kier alpha value is -2.46. The van der Waals surface area contributed by atoms with Crippen molar-refractivity contribution in [1.29, 1.82) is 0 Å². The number of nitro benzene ring substituents is 1. The first-order valence-corrected chi connectivity index (χ1v) is 8.77. The highest BCUT2D eigenvalue weighted by atomic mass is 32.2. The van der Waals surface area contributed by atoms with E-state index in [-0.39, 0.29) is 16.3 Å². The maximum Gasteiger partial charge on any atom is 0.271 e. The normalized spacial score (nSPS) is 15.5. The van der Waals surface area contributed by atoms with E-state index in [1.807, 2.05) is 0 Å². The van der Waals surface area contributed by atoms with Crippen LogP contribution in [0, 0.1) is 10.1 Å². The monoisotopic (exact) mass is 352 g/mol. The first kappa shape index (κ1) is 16.4. The van der Waals surface area contributed by atoms with Crippen LogP contribution >= 0.6 is 0 Å². The molecule has 0 saturated carbocycles. The summed E-state index contributed by atoms with van der Waals surface area (Å²) < 4.78 is 34.1. The van der Waals surface area contributed by atoms with Gasteiger partial charge < -0.3 is 4.74 Å². The Kier molecular flexibility index (Phi) is 4.24. The van der Waals surface area contributed by atoms with Gasteiger partial charge in [-0.3, -0.25) is 14.8 Å². The maximum absolute atomic E-state index is 12.8. The number of sulfonamides is 1. The van der Waals surface area contributed by atoms with Crippen LogP contribution in [0.15, 0.2) is 35.5 Å². The van der Waals surface area contributed by atoms with Crippen molar-refractivity contribution < 1.29 is 18.1 Å². The highest BCUT2D eigenvalue weighted by molar-refractivity contribution is 7.89.